The Labute approximate surface area is 149 Å². The average Bonchev–Trinajstić information content (AvgIpc) is 3.19. The molecule has 2 aromatic carbocycles. The standard InChI is InChI=1S/C18H14N2O4S/c1-22-13-5-3-12(4-6-13)20-17(21)14(19-18(20)25)8-11-2-7-15-16(9-11)24-10-23-15/h2-9H,10H2,1H3,(H,19,25)/b14-8-. The highest BCUT2D eigenvalue weighted by Crippen LogP contribution is 2.33. The van der Waals surface area contributed by atoms with Crippen LogP contribution in [0.4, 0.5) is 5.69 Å². The average molecular weight is 354 g/mol. The number of nitrogens with zero attached hydrogens (tertiary/aromatic N) is 1. The molecular weight excluding hydrogens is 340 g/mol. The van der Waals surface area contributed by atoms with Crippen LogP contribution in [0.2, 0.25) is 0 Å². The molecule has 2 aliphatic rings. The molecule has 0 radical (unpaired) electrons. The number of fused-ring (bicyclic) bond motifs is 1. The third-order valence-electron chi connectivity index (χ3n) is 3.92. The van der Waals surface area contributed by atoms with Crippen molar-refractivity contribution >= 4 is 35.0 Å². The van der Waals surface area contributed by atoms with Crippen molar-refractivity contribution in [3.8, 4) is 17.2 Å². The summed E-state index contributed by atoms with van der Waals surface area (Å²) < 4.78 is 15.8. The summed E-state index contributed by atoms with van der Waals surface area (Å²) in [5.74, 6) is 1.86. The molecule has 0 spiro atoms. The highest BCUT2D eigenvalue weighted by molar-refractivity contribution is 7.80. The number of anilines is 1. The van der Waals surface area contributed by atoms with Gasteiger partial charge in [0.25, 0.3) is 5.91 Å². The Kier molecular flexibility index (Phi) is 3.77. The van der Waals surface area contributed by atoms with Crippen molar-refractivity contribution in [3.05, 3.63) is 53.7 Å². The summed E-state index contributed by atoms with van der Waals surface area (Å²) in [7, 11) is 1.59. The van der Waals surface area contributed by atoms with Gasteiger partial charge in [-0.15, -0.1) is 0 Å². The first-order chi connectivity index (χ1) is 12.2. The number of thiocarbonyl (C=S) groups is 1. The Hall–Kier alpha value is -3.06. The number of hydrogen-bond acceptors (Lipinski definition) is 5. The van der Waals surface area contributed by atoms with Gasteiger partial charge in [-0.1, -0.05) is 6.07 Å². The second-order valence-corrected chi connectivity index (χ2v) is 5.83. The van der Waals surface area contributed by atoms with E-state index in [1.165, 1.54) is 4.90 Å². The lowest BCUT2D eigenvalue weighted by Crippen LogP contribution is -2.30. The fourth-order valence-corrected chi connectivity index (χ4v) is 2.97. The van der Waals surface area contributed by atoms with Gasteiger partial charge >= 0.3 is 0 Å². The fourth-order valence-electron chi connectivity index (χ4n) is 2.67. The molecule has 1 amide bonds. The van der Waals surface area contributed by atoms with E-state index in [0.29, 0.717) is 33.7 Å². The van der Waals surface area contributed by atoms with Gasteiger partial charge in [0.05, 0.1) is 12.8 Å². The minimum absolute atomic E-state index is 0.210. The van der Waals surface area contributed by atoms with E-state index in [1.807, 2.05) is 18.2 Å². The third kappa shape index (κ3) is 2.78. The number of ether oxygens (including phenoxy) is 3. The predicted octanol–water partition coefficient (Wildman–Crippen LogP) is 2.69. The van der Waals surface area contributed by atoms with Crippen LogP contribution in [0.15, 0.2) is 48.2 Å². The van der Waals surface area contributed by atoms with Crippen molar-refractivity contribution in [2.45, 2.75) is 0 Å². The lowest BCUT2D eigenvalue weighted by atomic mass is 10.1. The Morgan fingerprint density at radius 2 is 1.92 bits per heavy atom. The zero-order valence-electron chi connectivity index (χ0n) is 13.3. The maximum Gasteiger partial charge on any atom is 0.281 e. The molecule has 1 saturated heterocycles. The molecule has 2 aliphatic heterocycles. The fraction of sp³-hybridized carbons (Fsp3) is 0.111. The van der Waals surface area contributed by atoms with Crippen LogP contribution in [-0.4, -0.2) is 24.9 Å². The summed E-state index contributed by atoms with van der Waals surface area (Å²) >= 11 is 5.31. The molecule has 0 bridgehead atoms. The van der Waals surface area contributed by atoms with E-state index in [2.05, 4.69) is 5.32 Å². The van der Waals surface area contributed by atoms with Crippen LogP contribution in [0.5, 0.6) is 17.2 Å². The van der Waals surface area contributed by atoms with Crippen LogP contribution in [0.1, 0.15) is 5.56 Å². The van der Waals surface area contributed by atoms with Crippen molar-refractivity contribution in [3.63, 3.8) is 0 Å². The van der Waals surface area contributed by atoms with E-state index in [4.69, 9.17) is 26.4 Å². The summed E-state index contributed by atoms with van der Waals surface area (Å²) in [6, 6.07) is 12.6. The van der Waals surface area contributed by atoms with Gasteiger partial charge in [0.2, 0.25) is 6.79 Å². The first-order valence-corrected chi connectivity index (χ1v) is 7.97. The summed E-state index contributed by atoms with van der Waals surface area (Å²) in [4.78, 5) is 14.2. The first kappa shape index (κ1) is 15.5. The topological polar surface area (TPSA) is 60.0 Å². The van der Waals surface area contributed by atoms with Crippen LogP contribution in [-0.2, 0) is 4.79 Å². The molecule has 0 aromatic heterocycles. The van der Waals surface area contributed by atoms with Gasteiger partial charge in [0.1, 0.15) is 11.4 Å². The molecular formula is C18H14N2O4S. The number of nitrogens with one attached hydrogen (secondary N) is 1. The van der Waals surface area contributed by atoms with Crippen molar-refractivity contribution in [2.75, 3.05) is 18.8 Å². The molecule has 0 atom stereocenters. The van der Waals surface area contributed by atoms with Crippen LogP contribution in [0, 0.1) is 0 Å². The summed E-state index contributed by atoms with van der Waals surface area (Å²) in [5, 5.41) is 3.30. The van der Waals surface area contributed by atoms with Crippen molar-refractivity contribution in [2.24, 2.45) is 0 Å². The molecule has 0 unspecified atom stereocenters. The van der Waals surface area contributed by atoms with E-state index >= 15 is 0 Å². The second kappa shape index (κ2) is 6.10. The Morgan fingerprint density at radius 1 is 1.16 bits per heavy atom. The maximum atomic E-state index is 12.7. The number of carbonyl (C=O) groups excluding carboxylic acids is 1. The molecule has 25 heavy (non-hydrogen) atoms. The monoisotopic (exact) mass is 354 g/mol. The lowest BCUT2D eigenvalue weighted by Gasteiger charge is -2.14. The smallest absolute Gasteiger partial charge is 0.281 e. The molecule has 2 heterocycles. The van der Waals surface area contributed by atoms with Crippen LogP contribution < -0.4 is 24.4 Å². The minimum atomic E-state index is -0.215. The zero-order chi connectivity index (χ0) is 17.4. The number of benzene rings is 2. The minimum Gasteiger partial charge on any atom is -0.497 e. The predicted molar refractivity (Wildman–Crippen MR) is 96.8 cm³/mol. The molecule has 6 nitrogen and oxygen atoms in total. The van der Waals surface area contributed by atoms with Crippen molar-refractivity contribution in [1.29, 1.82) is 0 Å². The van der Waals surface area contributed by atoms with Crippen molar-refractivity contribution in [1.82, 2.24) is 5.32 Å². The summed E-state index contributed by atoms with van der Waals surface area (Å²) in [6.45, 7) is 0.210. The largest absolute Gasteiger partial charge is 0.497 e. The highest BCUT2D eigenvalue weighted by atomic mass is 32.1. The van der Waals surface area contributed by atoms with Gasteiger partial charge in [-0.3, -0.25) is 9.69 Å². The van der Waals surface area contributed by atoms with Gasteiger partial charge in [-0.2, -0.15) is 0 Å². The maximum absolute atomic E-state index is 12.7. The van der Waals surface area contributed by atoms with Crippen LogP contribution >= 0.6 is 12.2 Å². The van der Waals surface area contributed by atoms with Gasteiger partial charge in [0, 0.05) is 0 Å². The first-order valence-electron chi connectivity index (χ1n) is 7.56. The molecule has 1 fully saturated rings. The Bertz CT molecular complexity index is 892. The zero-order valence-corrected chi connectivity index (χ0v) is 14.1. The van der Waals surface area contributed by atoms with Gasteiger partial charge in [-0.05, 0) is 60.3 Å². The number of methoxy groups -OCH3 is 1. The Morgan fingerprint density at radius 3 is 2.68 bits per heavy atom. The van der Waals surface area contributed by atoms with Gasteiger partial charge in [0.15, 0.2) is 16.6 Å². The lowest BCUT2D eigenvalue weighted by molar-refractivity contribution is -0.113. The molecule has 2 aromatic rings. The molecule has 1 N–H and O–H groups in total. The third-order valence-corrected chi connectivity index (χ3v) is 4.20. The quantitative estimate of drug-likeness (QED) is 0.676. The number of hydrogen-bond donors (Lipinski definition) is 1. The Balaban J connectivity index is 1.62. The molecule has 126 valence electrons. The van der Waals surface area contributed by atoms with E-state index in [1.54, 1.807) is 37.5 Å². The van der Waals surface area contributed by atoms with Crippen LogP contribution in [0.25, 0.3) is 6.08 Å². The van der Waals surface area contributed by atoms with E-state index in [-0.39, 0.29) is 12.7 Å². The van der Waals surface area contributed by atoms with Gasteiger partial charge < -0.3 is 19.5 Å². The van der Waals surface area contributed by atoms with Crippen LogP contribution in [0.3, 0.4) is 0 Å². The number of carbonyl (C=O) groups is 1. The van der Waals surface area contributed by atoms with Gasteiger partial charge in [-0.25, -0.2) is 0 Å². The highest BCUT2D eigenvalue weighted by Gasteiger charge is 2.32. The molecule has 7 heteroatoms. The van der Waals surface area contributed by atoms with Crippen molar-refractivity contribution < 1.29 is 19.0 Å². The SMILES string of the molecule is COc1ccc(N2C(=O)/C(=C/c3ccc4c(c3)OCO4)NC2=S)cc1. The molecule has 0 saturated carbocycles. The second-order valence-electron chi connectivity index (χ2n) is 5.44. The summed E-state index contributed by atoms with van der Waals surface area (Å²) in [5.41, 5.74) is 1.90. The normalized spacial score (nSPS) is 17.2. The van der Waals surface area contributed by atoms with E-state index < -0.39 is 0 Å². The molecule has 0 aliphatic carbocycles. The number of amides is 1. The summed E-state index contributed by atoms with van der Waals surface area (Å²) in [6.07, 6.45) is 1.74. The van der Waals surface area contributed by atoms with E-state index in [9.17, 15) is 4.79 Å². The molecule has 4 rings (SSSR count). The van der Waals surface area contributed by atoms with E-state index in [0.717, 1.165) is 5.56 Å². The number of rotatable bonds is 3.